The van der Waals surface area contributed by atoms with Crippen LogP contribution in [-0.4, -0.2) is 31.9 Å². The monoisotopic (exact) mass is 175 g/mol. The van der Waals surface area contributed by atoms with Gasteiger partial charge in [0.1, 0.15) is 0 Å². The van der Waals surface area contributed by atoms with E-state index in [1.54, 1.807) is 0 Å². The third kappa shape index (κ3) is 966. The molecule has 0 aliphatic heterocycles. The first kappa shape index (κ1) is 8.94. The van der Waals surface area contributed by atoms with Gasteiger partial charge in [-0.25, -0.2) is 4.79 Å². The van der Waals surface area contributed by atoms with Crippen molar-refractivity contribution >= 4 is 31.9 Å². The Hall–Kier alpha value is 0.140. The summed E-state index contributed by atoms with van der Waals surface area (Å²) in [4.78, 5) is 9.00. The molecule has 0 aromatic rings. The molecule has 0 fully saturated rings. The van der Waals surface area contributed by atoms with E-state index in [-0.39, 0.29) is 25.8 Å². The molecule has 0 aliphatic rings. The third-order valence-electron chi connectivity index (χ3n) is 0. The van der Waals surface area contributed by atoms with Crippen LogP contribution < -0.4 is 11.5 Å². The predicted molar refractivity (Wildman–Crippen MR) is 19.5 cm³/mol. The van der Waals surface area contributed by atoms with Gasteiger partial charge in [0.2, 0.25) is 0 Å². The zero-order valence-corrected chi connectivity index (χ0v) is 5.94. The van der Waals surface area contributed by atoms with E-state index in [1.807, 2.05) is 0 Å². The molecule has 0 aromatic heterocycles. The summed E-state index contributed by atoms with van der Waals surface area (Å²) in [6.07, 6.45) is 0. The number of urea groups is 1. The van der Waals surface area contributed by atoms with Crippen LogP contribution in [0.25, 0.3) is 0 Å². The number of amides is 2. The second-order valence-electron chi connectivity index (χ2n) is 0.402. The molecule has 2 amide bonds. The molecule has 0 rings (SSSR count). The number of hydrogen-bond acceptors (Lipinski definition) is 1. The number of rotatable bonds is 0. The fraction of sp³-hybridized carbons (Fsp3) is 0. The van der Waals surface area contributed by atoms with E-state index in [9.17, 15) is 0 Å². The maximum Gasteiger partial charge on any atom is 0.309 e. The molecular formula is CH4InN2O. The molecule has 0 aliphatic carbocycles. The van der Waals surface area contributed by atoms with Gasteiger partial charge in [-0.05, 0) is 0 Å². The predicted octanol–water partition coefficient (Wildman–Crippen LogP) is -1.36. The zero-order valence-electron chi connectivity index (χ0n) is 2.64. The standard InChI is InChI=1S/CH4N2O.In/c2-1(3)4;/h(H4,2,3,4);. The fourth-order valence-electron chi connectivity index (χ4n) is 0. The molecule has 0 saturated heterocycles. The molecule has 0 atom stereocenters. The molecule has 0 unspecified atom stereocenters. The quantitative estimate of drug-likeness (QED) is 0.469. The Morgan fingerprint density at radius 3 is 1.40 bits per heavy atom. The first-order valence-electron chi connectivity index (χ1n) is 0.781. The Bertz CT molecular complexity index is 32.6. The molecular weight excluding hydrogens is 171 g/mol. The van der Waals surface area contributed by atoms with Gasteiger partial charge in [0.05, 0.1) is 0 Å². The molecule has 27 valence electrons. The van der Waals surface area contributed by atoms with Crippen LogP contribution in [0.5, 0.6) is 0 Å². The Morgan fingerprint density at radius 1 is 1.40 bits per heavy atom. The number of carbonyl (C=O) groups excluding carboxylic acids is 1. The number of nitrogens with two attached hydrogens (primary N) is 2. The van der Waals surface area contributed by atoms with Crippen molar-refractivity contribution in [3.05, 3.63) is 0 Å². The molecule has 0 heterocycles. The van der Waals surface area contributed by atoms with Gasteiger partial charge >= 0.3 is 6.03 Å². The van der Waals surface area contributed by atoms with E-state index < -0.39 is 6.03 Å². The molecule has 4 heteroatoms. The van der Waals surface area contributed by atoms with E-state index in [2.05, 4.69) is 11.5 Å². The minimum atomic E-state index is -0.833. The average Bonchev–Trinajstić information content (AvgIpc) is 0.811. The minimum absolute atomic E-state index is 0. The SMILES string of the molecule is NC(N)=O.[In]. The van der Waals surface area contributed by atoms with Crippen molar-refractivity contribution in [3.8, 4) is 0 Å². The van der Waals surface area contributed by atoms with Crippen LogP contribution in [0.3, 0.4) is 0 Å². The molecule has 3 radical (unpaired) electrons. The van der Waals surface area contributed by atoms with Crippen LogP contribution in [0.1, 0.15) is 0 Å². The first-order valence-corrected chi connectivity index (χ1v) is 0.781. The molecule has 3 nitrogen and oxygen atoms in total. The van der Waals surface area contributed by atoms with Gasteiger partial charge in [-0.15, -0.1) is 0 Å². The molecule has 0 bridgehead atoms. The molecule has 5 heavy (non-hydrogen) atoms. The minimum Gasteiger partial charge on any atom is -0.352 e. The second-order valence-corrected chi connectivity index (χ2v) is 0.402. The largest absolute Gasteiger partial charge is 0.352 e. The van der Waals surface area contributed by atoms with Gasteiger partial charge in [-0.2, -0.15) is 0 Å². The summed E-state index contributed by atoms with van der Waals surface area (Å²) in [5, 5.41) is 0. The van der Waals surface area contributed by atoms with E-state index in [0.29, 0.717) is 0 Å². The number of hydrogen-bond donors (Lipinski definition) is 2. The number of carbonyl (C=O) groups is 1. The summed E-state index contributed by atoms with van der Waals surface area (Å²) in [5.41, 5.74) is 8.50. The van der Waals surface area contributed by atoms with Crippen LogP contribution in [0.4, 0.5) is 4.79 Å². The van der Waals surface area contributed by atoms with Gasteiger partial charge in [0, 0.05) is 25.8 Å². The maximum atomic E-state index is 9.00. The van der Waals surface area contributed by atoms with Crippen molar-refractivity contribution in [1.82, 2.24) is 0 Å². The third-order valence-corrected chi connectivity index (χ3v) is 0. The van der Waals surface area contributed by atoms with Crippen molar-refractivity contribution < 1.29 is 4.79 Å². The summed E-state index contributed by atoms with van der Waals surface area (Å²) in [7, 11) is 0. The van der Waals surface area contributed by atoms with E-state index in [4.69, 9.17) is 4.79 Å². The Morgan fingerprint density at radius 2 is 1.40 bits per heavy atom. The Labute approximate surface area is 48.5 Å². The normalized spacial score (nSPS) is 4.80. The fourth-order valence-corrected chi connectivity index (χ4v) is 0. The second kappa shape index (κ2) is 4.14. The summed E-state index contributed by atoms with van der Waals surface area (Å²) in [6.45, 7) is 0. The van der Waals surface area contributed by atoms with Crippen LogP contribution in [0.15, 0.2) is 0 Å². The Balaban J connectivity index is 0. The van der Waals surface area contributed by atoms with E-state index >= 15 is 0 Å². The van der Waals surface area contributed by atoms with Gasteiger partial charge < -0.3 is 11.5 Å². The summed E-state index contributed by atoms with van der Waals surface area (Å²) < 4.78 is 0. The topological polar surface area (TPSA) is 69.1 Å². The van der Waals surface area contributed by atoms with E-state index in [0.717, 1.165) is 0 Å². The molecule has 4 N–H and O–H groups in total. The Kier molecular flexibility index (Phi) is 7.40. The maximum absolute atomic E-state index is 9.00. The van der Waals surface area contributed by atoms with Crippen molar-refractivity contribution in [2.24, 2.45) is 11.5 Å². The number of primary amides is 2. The van der Waals surface area contributed by atoms with Gasteiger partial charge in [0.15, 0.2) is 0 Å². The van der Waals surface area contributed by atoms with Crippen LogP contribution >= 0.6 is 0 Å². The molecule has 0 spiro atoms. The van der Waals surface area contributed by atoms with Crippen molar-refractivity contribution in [1.29, 1.82) is 0 Å². The van der Waals surface area contributed by atoms with Crippen LogP contribution in [-0.2, 0) is 0 Å². The van der Waals surface area contributed by atoms with Crippen molar-refractivity contribution in [2.75, 3.05) is 0 Å². The zero-order chi connectivity index (χ0) is 3.58. The van der Waals surface area contributed by atoms with Crippen molar-refractivity contribution in [2.45, 2.75) is 0 Å². The average molecular weight is 175 g/mol. The van der Waals surface area contributed by atoms with Crippen molar-refractivity contribution in [3.63, 3.8) is 0 Å². The summed E-state index contributed by atoms with van der Waals surface area (Å²) in [6, 6.07) is -0.833. The molecule has 0 saturated carbocycles. The van der Waals surface area contributed by atoms with Gasteiger partial charge in [-0.1, -0.05) is 0 Å². The summed E-state index contributed by atoms with van der Waals surface area (Å²) >= 11 is 0. The van der Waals surface area contributed by atoms with Gasteiger partial charge in [-0.3, -0.25) is 0 Å². The van der Waals surface area contributed by atoms with E-state index in [1.165, 1.54) is 0 Å². The first-order chi connectivity index (χ1) is 1.73. The van der Waals surface area contributed by atoms with Gasteiger partial charge in [0.25, 0.3) is 0 Å². The smallest absolute Gasteiger partial charge is 0.309 e. The van der Waals surface area contributed by atoms with Crippen LogP contribution in [0, 0.1) is 0 Å². The molecule has 0 aromatic carbocycles. The van der Waals surface area contributed by atoms with Crippen LogP contribution in [0.2, 0.25) is 0 Å². The summed E-state index contributed by atoms with van der Waals surface area (Å²) in [5.74, 6) is 0.